The highest BCUT2D eigenvalue weighted by atomic mass is 19.1. The van der Waals surface area contributed by atoms with Crippen LogP contribution < -0.4 is 4.74 Å². The maximum atomic E-state index is 14.1. The predicted molar refractivity (Wildman–Crippen MR) is 102 cm³/mol. The van der Waals surface area contributed by atoms with Crippen LogP contribution >= 0.6 is 0 Å². The second-order valence-corrected chi connectivity index (χ2v) is 6.75. The zero-order valence-corrected chi connectivity index (χ0v) is 15.7. The number of rotatable bonds is 6. The van der Waals surface area contributed by atoms with Crippen molar-refractivity contribution in [2.75, 3.05) is 6.61 Å². The third-order valence-electron chi connectivity index (χ3n) is 4.33. The number of esters is 1. The Balaban J connectivity index is 1.94. The molecule has 0 saturated carbocycles. The summed E-state index contributed by atoms with van der Waals surface area (Å²) in [6.07, 6.45) is 3.82. The van der Waals surface area contributed by atoms with Gasteiger partial charge in [-0.2, -0.15) is 0 Å². The number of benzene rings is 2. The van der Waals surface area contributed by atoms with E-state index in [1.54, 1.807) is 51.4 Å². The Labute approximate surface area is 157 Å². The zero-order valence-electron chi connectivity index (χ0n) is 15.7. The standard InChI is InChI=1S/C22H22FNO3/c1-4-26-21(25)22(2,3)27-20-11-12-24-14-16(20)13-15-9-10-19(23)18-8-6-5-7-17(15)18/h5-12,14H,4,13H2,1-3H3. The second kappa shape index (κ2) is 7.74. The largest absolute Gasteiger partial charge is 0.476 e. The molecule has 0 aliphatic heterocycles. The van der Waals surface area contributed by atoms with Crippen molar-refractivity contribution in [2.24, 2.45) is 0 Å². The SMILES string of the molecule is CCOC(=O)C(C)(C)Oc1ccncc1Cc1ccc(F)c2ccccc12. The fourth-order valence-electron chi connectivity index (χ4n) is 2.95. The monoisotopic (exact) mass is 367 g/mol. The summed E-state index contributed by atoms with van der Waals surface area (Å²) in [5, 5.41) is 1.42. The highest BCUT2D eigenvalue weighted by Crippen LogP contribution is 2.29. The van der Waals surface area contributed by atoms with Crippen LogP contribution in [0.4, 0.5) is 4.39 Å². The molecular formula is C22H22FNO3. The molecule has 0 atom stereocenters. The number of aromatic nitrogens is 1. The molecule has 0 aliphatic rings. The molecule has 1 heterocycles. The van der Waals surface area contributed by atoms with Crippen LogP contribution in [0.15, 0.2) is 54.9 Å². The van der Waals surface area contributed by atoms with Crippen LogP contribution in [-0.4, -0.2) is 23.2 Å². The maximum Gasteiger partial charge on any atom is 0.349 e. The van der Waals surface area contributed by atoms with E-state index >= 15 is 0 Å². The highest BCUT2D eigenvalue weighted by Gasteiger charge is 2.32. The van der Waals surface area contributed by atoms with E-state index in [0.717, 1.165) is 16.5 Å². The van der Waals surface area contributed by atoms with Crippen LogP contribution in [0.3, 0.4) is 0 Å². The predicted octanol–water partition coefficient (Wildman–Crippen LogP) is 4.69. The average Bonchev–Trinajstić information content (AvgIpc) is 2.66. The summed E-state index contributed by atoms with van der Waals surface area (Å²) in [4.78, 5) is 16.3. The first-order chi connectivity index (χ1) is 12.9. The Hall–Kier alpha value is -2.95. The number of nitrogens with zero attached hydrogens (tertiary/aromatic N) is 1. The molecule has 5 heteroatoms. The average molecular weight is 367 g/mol. The number of fused-ring (bicyclic) bond motifs is 1. The topological polar surface area (TPSA) is 48.4 Å². The molecule has 0 aliphatic carbocycles. The van der Waals surface area contributed by atoms with Crippen molar-refractivity contribution >= 4 is 16.7 Å². The summed E-state index contributed by atoms with van der Waals surface area (Å²) >= 11 is 0. The van der Waals surface area contributed by atoms with Gasteiger partial charge in [0, 0.05) is 29.8 Å². The van der Waals surface area contributed by atoms with Crippen LogP contribution in [0.1, 0.15) is 31.9 Å². The van der Waals surface area contributed by atoms with Crippen molar-refractivity contribution in [1.82, 2.24) is 4.98 Å². The summed E-state index contributed by atoms with van der Waals surface area (Å²) in [7, 11) is 0. The van der Waals surface area contributed by atoms with Crippen molar-refractivity contribution in [3.8, 4) is 5.75 Å². The summed E-state index contributed by atoms with van der Waals surface area (Å²) in [6.45, 7) is 5.38. The molecule has 27 heavy (non-hydrogen) atoms. The van der Waals surface area contributed by atoms with Gasteiger partial charge in [-0.3, -0.25) is 4.98 Å². The summed E-state index contributed by atoms with van der Waals surface area (Å²) in [5.41, 5.74) is 0.641. The highest BCUT2D eigenvalue weighted by molar-refractivity contribution is 5.86. The number of carbonyl (C=O) groups is 1. The van der Waals surface area contributed by atoms with Gasteiger partial charge >= 0.3 is 5.97 Å². The lowest BCUT2D eigenvalue weighted by molar-refractivity contribution is -0.158. The minimum Gasteiger partial charge on any atom is -0.476 e. The Morgan fingerprint density at radius 1 is 1.07 bits per heavy atom. The van der Waals surface area contributed by atoms with E-state index in [2.05, 4.69) is 4.98 Å². The van der Waals surface area contributed by atoms with Gasteiger partial charge in [-0.25, -0.2) is 9.18 Å². The van der Waals surface area contributed by atoms with Gasteiger partial charge in [0.1, 0.15) is 11.6 Å². The molecule has 0 fully saturated rings. The number of hydrogen-bond acceptors (Lipinski definition) is 4. The van der Waals surface area contributed by atoms with Gasteiger partial charge in [0.05, 0.1) is 6.61 Å². The lowest BCUT2D eigenvalue weighted by Gasteiger charge is -2.25. The third-order valence-corrected chi connectivity index (χ3v) is 4.33. The van der Waals surface area contributed by atoms with Gasteiger partial charge < -0.3 is 9.47 Å². The van der Waals surface area contributed by atoms with Gasteiger partial charge in [0.15, 0.2) is 5.60 Å². The van der Waals surface area contributed by atoms with E-state index in [1.807, 2.05) is 18.2 Å². The molecular weight excluding hydrogens is 345 g/mol. The van der Waals surface area contributed by atoms with Gasteiger partial charge in [-0.05, 0) is 43.9 Å². The Bertz CT molecular complexity index is 969. The van der Waals surface area contributed by atoms with Crippen molar-refractivity contribution < 1.29 is 18.7 Å². The van der Waals surface area contributed by atoms with Crippen molar-refractivity contribution in [3.63, 3.8) is 0 Å². The smallest absolute Gasteiger partial charge is 0.349 e. The van der Waals surface area contributed by atoms with Gasteiger partial charge in [-0.1, -0.05) is 30.3 Å². The van der Waals surface area contributed by atoms with E-state index in [4.69, 9.17) is 9.47 Å². The van der Waals surface area contributed by atoms with Crippen LogP contribution in [-0.2, 0) is 16.0 Å². The van der Waals surface area contributed by atoms with Crippen molar-refractivity contribution in [2.45, 2.75) is 32.8 Å². The first-order valence-corrected chi connectivity index (χ1v) is 8.87. The number of halogens is 1. The van der Waals surface area contributed by atoms with Gasteiger partial charge in [0.25, 0.3) is 0 Å². The van der Waals surface area contributed by atoms with Crippen LogP contribution in [0.25, 0.3) is 10.8 Å². The quantitative estimate of drug-likeness (QED) is 0.593. The Morgan fingerprint density at radius 2 is 1.81 bits per heavy atom. The Kier molecular flexibility index (Phi) is 5.40. The lowest BCUT2D eigenvalue weighted by Crippen LogP contribution is -2.40. The van der Waals surface area contributed by atoms with Gasteiger partial charge in [-0.15, -0.1) is 0 Å². The minimum atomic E-state index is -1.13. The van der Waals surface area contributed by atoms with Crippen molar-refractivity contribution in [3.05, 3.63) is 71.8 Å². The van der Waals surface area contributed by atoms with E-state index in [1.165, 1.54) is 6.07 Å². The van der Waals surface area contributed by atoms with Crippen LogP contribution in [0.2, 0.25) is 0 Å². The molecule has 0 N–H and O–H groups in total. The van der Waals surface area contributed by atoms with E-state index in [-0.39, 0.29) is 12.4 Å². The number of carbonyl (C=O) groups excluding carboxylic acids is 1. The summed E-state index contributed by atoms with van der Waals surface area (Å²) in [5.74, 6) is -0.128. The molecule has 0 saturated heterocycles. The summed E-state index contributed by atoms with van der Waals surface area (Å²) in [6, 6.07) is 12.3. The fraction of sp³-hybridized carbons (Fsp3) is 0.273. The lowest BCUT2D eigenvalue weighted by atomic mass is 9.98. The van der Waals surface area contributed by atoms with E-state index in [9.17, 15) is 9.18 Å². The minimum absolute atomic E-state index is 0.250. The molecule has 3 rings (SSSR count). The first-order valence-electron chi connectivity index (χ1n) is 8.87. The molecule has 0 amide bonds. The molecule has 3 aromatic rings. The normalized spacial score (nSPS) is 11.4. The number of hydrogen-bond donors (Lipinski definition) is 0. The fourth-order valence-corrected chi connectivity index (χ4v) is 2.95. The molecule has 0 unspecified atom stereocenters. The first kappa shape index (κ1) is 18.8. The Morgan fingerprint density at radius 3 is 2.56 bits per heavy atom. The van der Waals surface area contributed by atoms with Crippen LogP contribution in [0, 0.1) is 5.82 Å². The molecule has 2 aromatic carbocycles. The molecule has 140 valence electrons. The van der Waals surface area contributed by atoms with E-state index in [0.29, 0.717) is 17.6 Å². The summed E-state index contributed by atoms with van der Waals surface area (Å²) < 4.78 is 25.1. The molecule has 0 bridgehead atoms. The zero-order chi connectivity index (χ0) is 19.4. The number of ether oxygens (including phenoxy) is 2. The molecule has 4 nitrogen and oxygen atoms in total. The van der Waals surface area contributed by atoms with Gasteiger partial charge in [0.2, 0.25) is 0 Å². The second-order valence-electron chi connectivity index (χ2n) is 6.75. The molecule has 1 aromatic heterocycles. The molecule has 0 radical (unpaired) electrons. The maximum absolute atomic E-state index is 14.1. The van der Waals surface area contributed by atoms with E-state index < -0.39 is 11.6 Å². The van der Waals surface area contributed by atoms with Crippen LogP contribution in [0.5, 0.6) is 5.75 Å². The number of pyridine rings is 1. The molecule has 0 spiro atoms. The third kappa shape index (κ3) is 4.08. The van der Waals surface area contributed by atoms with Crippen molar-refractivity contribution in [1.29, 1.82) is 0 Å².